The maximum absolute atomic E-state index is 14.1. The van der Waals surface area contributed by atoms with Gasteiger partial charge in [-0.15, -0.1) is 0 Å². The van der Waals surface area contributed by atoms with Crippen molar-refractivity contribution in [3.05, 3.63) is 92.6 Å². The Bertz CT molecular complexity index is 1400. The van der Waals surface area contributed by atoms with Gasteiger partial charge in [-0.2, -0.15) is 0 Å². The number of halogens is 2. The van der Waals surface area contributed by atoms with Crippen LogP contribution in [-0.2, 0) is 11.4 Å². The molecule has 6 nitrogen and oxygen atoms in total. The number of carbonyl (C=O) groups is 2. The van der Waals surface area contributed by atoms with Crippen LogP contribution in [0.4, 0.5) is 9.18 Å². The van der Waals surface area contributed by atoms with E-state index in [0.717, 1.165) is 28.6 Å². The standard InChI is InChI=1S/C30H29ClFNO5S/c1-18(2)21-10-8-19(3)14-26(21)37-13-12-33-29(34)28(39-30(33)35)16-20-9-11-25(27(15-20)36-4)38-17-22-23(31)6-5-7-24(22)32/h5-11,14-16,18H,12-13,17H2,1-4H3/b28-16-. The van der Waals surface area contributed by atoms with Crippen molar-refractivity contribution in [1.82, 2.24) is 4.90 Å². The summed E-state index contributed by atoms with van der Waals surface area (Å²) in [6.07, 6.45) is 1.63. The summed E-state index contributed by atoms with van der Waals surface area (Å²) in [5.41, 5.74) is 3.04. The van der Waals surface area contributed by atoms with E-state index < -0.39 is 5.82 Å². The Morgan fingerprint density at radius 1 is 1.03 bits per heavy atom. The van der Waals surface area contributed by atoms with Crippen LogP contribution in [0.2, 0.25) is 5.02 Å². The Kier molecular flexibility index (Phi) is 9.20. The van der Waals surface area contributed by atoms with Crippen molar-refractivity contribution in [3.8, 4) is 17.2 Å². The molecule has 1 fully saturated rings. The van der Waals surface area contributed by atoms with Gasteiger partial charge in [-0.25, -0.2) is 4.39 Å². The first-order chi connectivity index (χ1) is 18.7. The van der Waals surface area contributed by atoms with E-state index in [2.05, 4.69) is 13.8 Å². The monoisotopic (exact) mass is 569 g/mol. The molecule has 0 atom stereocenters. The van der Waals surface area contributed by atoms with Gasteiger partial charge in [0.2, 0.25) is 0 Å². The van der Waals surface area contributed by atoms with Crippen LogP contribution < -0.4 is 14.2 Å². The minimum Gasteiger partial charge on any atom is -0.493 e. The Labute approximate surface area is 236 Å². The summed E-state index contributed by atoms with van der Waals surface area (Å²) in [6, 6.07) is 15.5. The number of benzene rings is 3. The number of hydrogen-bond acceptors (Lipinski definition) is 6. The largest absolute Gasteiger partial charge is 0.493 e. The predicted molar refractivity (Wildman–Crippen MR) is 152 cm³/mol. The molecule has 0 bridgehead atoms. The van der Waals surface area contributed by atoms with Crippen LogP contribution >= 0.6 is 23.4 Å². The van der Waals surface area contributed by atoms with Crippen LogP contribution in [-0.4, -0.2) is 36.3 Å². The number of aryl methyl sites for hydroxylation is 1. The zero-order valence-corrected chi connectivity index (χ0v) is 23.7. The molecular formula is C30H29ClFNO5S. The fourth-order valence-electron chi connectivity index (χ4n) is 4.05. The molecule has 0 unspecified atom stereocenters. The van der Waals surface area contributed by atoms with Gasteiger partial charge in [0, 0.05) is 5.56 Å². The Balaban J connectivity index is 1.42. The quantitative estimate of drug-likeness (QED) is 0.234. The average molecular weight is 570 g/mol. The van der Waals surface area contributed by atoms with Gasteiger partial charge >= 0.3 is 0 Å². The molecule has 1 aliphatic heterocycles. The SMILES string of the molecule is COc1cc(/C=C2\SC(=O)N(CCOc3cc(C)ccc3C(C)C)C2=O)ccc1OCc1c(F)cccc1Cl. The molecule has 0 spiro atoms. The van der Waals surface area contributed by atoms with Crippen LogP contribution in [0.25, 0.3) is 6.08 Å². The van der Waals surface area contributed by atoms with Crippen molar-refractivity contribution in [2.24, 2.45) is 0 Å². The first-order valence-electron chi connectivity index (χ1n) is 12.4. The molecule has 204 valence electrons. The number of nitrogens with zero attached hydrogens (tertiary/aromatic N) is 1. The maximum Gasteiger partial charge on any atom is 0.293 e. The van der Waals surface area contributed by atoms with Gasteiger partial charge < -0.3 is 14.2 Å². The summed E-state index contributed by atoms with van der Waals surface area (Å²) >= 11 is 6.96. The highest BCUT2D eigenvalue weighted by Gasteiger charge is 2.35. The van der Waals surface area contributed by atoms with Crippen LogP contribution in [0.3, 0.4) is 0 Å². The van der Waals surface area contributed by atoms with E-state index in [1.165, 1.54) is 24.1 Å². The molecule has 1 heterocycles. The van der Waals surface area contributed by atoms with Crippen LogP contribution in [0.15, 0.2) is 59.5 Å². The second-order valence-corrected chi connectivity index (χ2v) is 10.7. The fourth-order valence-corrected chi connectivity index (χ4v) is 5.13. The lowest BCUT2D eigenvalue weighted by Gasteiger charge is -2.17. The van der Waals surface area contributed by atoms with E-state index in [-0.39, 0.29) is 47.4 Å². The van der Waals surface area contributed by atoms with Crippen molar-refractivity contribution in [2.45, 2.75) is 33.3 Å². The number of rotatable bonds is 10. The van der Waals surface area contributed by atoms with Gasteiger partial charge in [0.1, 0.15) is 24.8 Å². The molecule has 39 heavy (non-hydrogen) atoms. The highest BCUT2D eigenvalue weighted by molar-refractivity contribution is 8.18. The van der Waals surface area contributed by atoms with Crippen molar-refractivity contribution in [1.29, 1.82) is 0 Å². The van der Waals surface area contributed by atoms with Crippen LogP contribution in [0.1, 0.15) is 42.0 Å². The number of ether oxygens (including phenoxy) is 3. The van der Waals surface area contributed by atoms with Gasteiger partial charge in [0.15, 0.2) is 11.5 Å². The van der Waals surface area contributed by atoms with Gasteiger partial charge in [0.05, 0.1) is 23.6 Å². The van der Waals surface area contributed by atoms with E-state index in [1.54, 1.807) is 30.3 Å². The molecule has 0 aromatic heterocycles. The van der Waals surface area contributed by atoms with E-state index in [0.29, 0.717) is 22.0 Å². The summed E-state index contributed by atoms with van der Waals surface area (Å²) in [5, 5.41) is -0.0807. The van der Waals surface area contributed by atoms with Crippen LogP contribution in [0, 0.1) is 12.7 Å². The lowest BCUT2D eigenvalue weighted by atomic mass is 10.0. The minimum absolute atomic E-state index is 0.0800. The highest BCUT2D eigenvalue weighted by atomic mass is 35.5. The third kappa shape index (κ3) is 6.75. The second-order valence-electron chi connectivity index (χ2n) is 9.28. The number of carbonyl (C=O) groups excluding carboxylic acids is 2. The zero-order chi connectivity index (χ0) is 28.1. The fraction of sp³-hybridized carbons (Fsp3) is 0.267. The molecule has 4 rings (SSSR count). The molecule has 3 aromatic rings. The minimum atomic E-state index is -0.460. The third-order valence-corrected chi connectivity index (χ3v) is 7.42. The van der Waals surface area contributed by atoms with E-state index in [9.17, 15) is 14.0 Å². The van der Waals surface area contributed by atoms with Crippen molar-refractivity contribution >= 4 is 40.6 Å². The summed E-state index contributed by atoms with van der Waals surface area (Å²) in [6.45, 7) is 6.42. The van der Waals surface area contributed by atoms with Gasteiger partial charge in [-0.1, -0.05) is 49.7 Å². The Morgan fingerprint density at radius 3 is 2.54 bits per heavy atom. The van der Waals surface area contributed by atoms with E-state index in [4.69, 9.17) is 25.8 Å². The third-order valence-electron chi connectivity index (χ3n) is 6.16. The van der Waals surface area contributed by atoms with Crippen LogP contribution in [0.5, 0.6) is 17.2 Å². The van der Waals surface area contributed by atoms with E-state index >= 15 is 0 Å². The van der Waals surface area contributed by atoms with Crippen molar-refractivity contribution in [2.75, 3.05) is 20.3 Å². The Morgan fingerprint density at radius 2 is 1.82 bits per heavy atom. The summed E-state index contributed by atoms with van der Waals surface area (Å²) in [5.74, 6) is 0.985. The molecular weight excluding hydrogens is 541 g/mol. The van der Waals surface area contributed by atoms with Crippen molar-refractivity contribution in [3.63, 3.8) is 0 Å². The lowest BCUT2D eigenvalue weighted by molar-refractivity contribution is -0.123. The number of amides is 2. The molecule has 9 heteroatoms. The van der Waals surface area contributed by atoms with Gasteiger partial charge in [-0.3, -0.25) is 14.5 Å². The van der Waals surface area contributed by atoms with E-state index in [1.807, 2.05) is 25.1 Å². The predicted octanol–water partition coefficient (Wildman–Crippen LogP) is 7.61. The Hall–Kier alpha value is -3.49. The molecule has 0 radical (unpaired) electrons. The summed E-state index contributed by atoms with van der Waals surface area (Å²) in [4.78, 5) is 27.1. The number of imide groups is 1. The molecule has 1 aliphatic rings. The number of hydrogen-bond donors (Lipinski definition) is 0. The maximum atomic E-state index is 14.1. The van der Waals surface area contributed by atoms with Crippen molar-refractivity contribution < 1.29 is 28.2 Å². The number of thioether (sulfide) groups is 1. The zero-order valence-electron chi connectivity index (χ0n) is 22.1. The molecule has 1 saturated heterocycles. The summed E-state index contributed by atoms with van der Waals surface area (Å²) < 4.78 is 31.2. The average Bonchev–Trinajstić information content (AvgIpc) is 3.16. The molecule has 2 amide bonds. The normalized spacial score (nSPS) is 14.4. The first kappa shape index (κ1) is 28.5. The highest BCUT2D eigenvalue weighted by Crippen LogP contribution is 2.35. The smallest absolute Gasteiger partial charge is 0.293 e. The second kappa shape index (κ2) is 12.6. The first-order valence-corrected chi connectivity index (χ1v) is 13.6. The molecule has 0 N–H and O–H groups in total. The number of methoxy groups -OCH3 is 1. The molecule has 3 aromatic carbocycles. The topological polar surface area (TPSA) is 65.1 Å². The molecule has 0 aliphatic carbocycles. The lowest BCUT2D eigenvalue weighted by Crippen LogP contribution is -2.32. The summed E-state index contributed by atoms with van der Waals surface area (Å²) in [7, 11) is 1.48. The van der Waals surface area contributed by atoms with Gasteiger partial charge in [0.25, 0.3) is 11.1 Å². The molecule has 0 saturated carbocycles. The van der Waals surface area contributed by atoms with Gasteiger partial charge in [-0.05, 0) is 77.7 Å².